The van der Waals surface area contributed by atoms with E-state index in [1.807, 2.05) is 0 Å². The number of carbonyl (C=O) groups is 4. The Morgan fingerprint density at radius 1 is 0.947 bits per heavy atom. The summed E-state index contributed by atoms with van der Waals surface area (Å²) in [6.07, 6.45) is -1.21. The summed E-state index contributed by atoms with van der Waals surface area (Å²) in [6.45, 7) is 3.66. The third kappa shape index (κ3) is 23.1. The Kier molecular flexibility index (Phi) is 19.3. The Bertz CT molecular complexity index is 272. The summed E-state index contributed by atoms with van der Waals surface area (Å²) in [4.78, 5) is 39.9. The first-order valence-electron chi connectivity index (χ1n) is 5.06. The van der Waals surface area contributed by atoms with Gasteiger partial charge in [0.25, 0.3) is 0 Å². The van der Waals surface area contributed by atoms with E-state index in [1.165, 1.54) is 0 Å². The van der Waals surface area contributed by atoms with E-state index in [-0.39, 0.29) is 64.6 Å². The van der Waals surface area contributed by atoms with Gasteiger partial charge in [-0.3, -0.25) is 14.4 Å². The molecule has 104 valence electrons. The predicted molar refractivity (Wildman–Crippen MR) is 55.1 cm³/mol. The molecule has 0 aromatic heterocycles. The Hall–Kier alpha value is -0.484. The van der Waals surface area contributed by atoms with E-state index in [9.17, 15) is 24.3 Å². The molecule has 1 N–H and O–H groups in total. The van der Waals surface area contributed by atoms with Crippen LogP contribution in [0.4, 0.5) is 0 Å². The maximum Gasteiger partial charge on any atom is 1.00 e. The van der Waals surface area contributed by atoms with Gasteiger partial charge in [-0.2, -0.15) is 0 Å². The maximum atomic E-state index is 10.3. The number of aliphatic carboxylic acids is 2. The van der Waals surface area contributed by atoms with Crippen molar-refractivity contribution in [2.24, 2.45) is 0 Å². The Balaban J connectivity index is -0.000000256. The van der Waals surface area contributed by atoms with Gasteiger partial charge in [-0.25, -0.2) is 0 Å². The zero-order valence-corrected chi connectivity index (χ0v) is 14.3. The minimum Gasteiger partial charge on any atom is -0.550 e. The Morgan fingerprint density at radius 3 is 1.58 bits per heavy atom. The molecule has 0 saturated carbocycles. The van der Waals surface area contributed by atoms with E-state index < -0.39 is 36.7 Å². The summed E-state index contributed by atoms with van der Waals surface area (Å²) >= 11 is 0. The minimum atomic E-state index is -1.41. The fraction of sp³-hybridized carbons (Fsp3) is 0.600. The van der Waals surface area contributed by atoms with Crippen LogP contribution < -0.4 is 56.5 Å². The molecule has 0 aromatic rings. The van der Waals surface area contributed by atoms with Crippen molar-refractivity contribution in [2.75, 3.05) is 13.2 Å². The average Bonchev–Trinajstić information content (AvgIpc) is 2.16. The second-order valence-corrected chi connectivity index (χ2v) is 2.73. The summed E-state index contributed by atoms with van der Waals surface area (Å²) in [7, 11) is 0. The quantitative estimate of drug-likeness (QED) is 0.296. The third-order valence-corrected chi connectivity index (χ3v) is 1.19. The van der Waals surface area contributed by atoms with Crippen LogP contribution in [0, 0.1) is 0 Å². The second-order valence-electron chi connectivity index (χ2n) is 2.73. The molecule has 0 rings (SSSR count). The van der Waals surface area contributed by atoms with E-state index in [0.717, 1.165) is 0 Å². The molecule has 0 atom stereocenters. The maximum absolute atomic E-state index is 10.3. The van der Waals surface area contributed by atoms with Crippen molar-refractivity contribution in [3.05, 3.63) is 0 Å². The van der Waals surface area contributed by atoms with Gasteiger partial charge in [0.2, 0.25) is 0 Å². The number of carboxylic acid groups (broad SMARTS) is 2. The number of ether oxygens (including phenoxy) is 2. The van der Waals surface area contributed by atoms with Crippen molar-refractivity contribution < 1.29 is 90.2 Å². The van der Waals surface area contributed by atoms with E-state index in [4.69, 9.17) is 5.11 Å². The fourth-order valence-corrected chi connectivity index (χ4v) is 0.665. The van der Waals surface area contributed by atoms with Crippen molar-refractivity contribution in [1.82, 2.24) is 0 Å². The monoisotopic (exact) mass is 302 g/mol. The van der Waals surface area contributed by atoms with Crippen LogP contribution in [0.25, 0.3) is 0 Å². The third-order valence-electron chi connectivity index (χ3n) is 1.19. The molecule has 0 spiro atoms. The first kappa shape index (κ1) is 23.6. The molecular formula is C10H15KO8. The van der Waals surface area contributed by atoms with Crippen molar-refractivity contribution in [3.63, 3.8) is 0 Å². The van der Waals surface area contributed by atoms with Crippen LogP contribution in [0.15, 0.2) is 0 Å². The standard InChI is InChI=1S/2C5H8O4.K/c2*1-2-9-5(8)3-4(6)7;/h2*2-3H2,1H3,(H,6,7);/q;;+1/p-1. The van der Waals surface area contributed by atoms with Gasteiger partial charge in [-0.05, 0) is 13.8 Å². The largest absolute Gasteiger partial charge is 1.00 e. The van der Waals surface area contributed by atoms with Crippen LogP contribution in [0.1, 0.15) is 26.7 Å². The molecule has 0 unspecified atom stereocenters. The Morgan fingerprint density at radius 2 is 1.32 bits per heavy atom. The van der Waals surface area contributed by atoms with Crippen molar-refractivity contribution in [2.45, 2.75) is 26.7 Å². The van der Waals surface area contributed by atoms with Gasteiger partial charge in [0.1, 0.15) is 6.42 Å². The fourth-order valence-electron chi connectivity index (χ4n) is 0.665. The number of esters is 2. The molecule has 8 nitrogen and oxygen atoms in total. The normalized spacial score (nSPS) is 8.11. The molecule has 0 bridgehead atoms. The van der Waals surface area contributed by atoms with Crippen LogP contribution in [-0.2, 0) is 28.7 Å². The van der Waals surface area contributed by atoms with Crippen molar-refractivity contribution in [1.29, 1.82) is 0 Å². The summed E-state index contributed by atoms with van der Waals surface area (Å²) in [5.41, 5.74) is 0. The molecule has 19 heavy (non-hydrogen) atoms. The second kappa shape index (κ2) is 15.6. The number of hydrogen-bond acceptors (Lipinski definition) is 7. The van der Waals surface area contributed by atoms with Crippen molar-refractivity contribution in [3.8, 4) is 0 Å². The van der Waals surface area contributed by atoms with Crippen LogP contribution in [0.2, 0.25) is 0 Å². The van der Waals surface area contributed by atoms with Gasteiger partial charge in [0, 0.05) is 0 Å². The molecule has 0 aliphatic heterocycles. The SMILES string of the molecule is CCOC(=O)CC(=O)O.CCOC(=O)CC(=O)[O-].[K+]. The van der Waals surface area contributed by atoms with E-state index >= 15 is 0 Å². The van der Waals surface area contributed by atoms with E-state index in [0.29, 0.717) is 0 Å². The molecule has 0 amide bonds. The topological polar surface area (TPSA) is 130 Å². The van der Waals surface area contributed by atoms with E-state index in [1.54, 1.807) is 13.8 Å². The number of carbonyl (C=O) groups excluding carboxylic acids is 3. The molecule has 0 heterocycles. The van der Waals surface area contributed by atoms with E-state index in [2.05, 4.69) is 9.47 Å². The van der Waals surface area contributed by atoms with Gasteiger partial charge in [-0.1, -0.05) is 0 Å². The van der Waals surface area contributed by atoms with Crippen LogP contribution in [0.3, 0.4) is 0 Å². The first-order valence-corrected chi connectivity index (χ1v) is 5.06. The first-order chi connectivity index (χ1) is 8.33. The zero-order chi connectivity index (χ0) is 14.6. The summed E-state index contributed by atoms with van der Waals surface area (Å²) in [5, 5.41) is 17.7. The molecule has 0 aliphatic rings. The number of rotatable bonds is 6. The molecule has 0 saturated heterocycles. The summed E-state index contributed by atoms with van der Waals surface area (Å²) in [5.74, 6) is -4.01. The summed E-state index contributed by atoms with van der Waals surface area (Å²) in [6, 6.07) is 0. The van der Waals surface area contributed by atoms with Gasteiger partial charge >= 0.3 is 69.3 Å². The number of carboxylic acids is 2. The van der Waals surface area contributed by atoms with Gasteiger partial charge in [0.05, 0.1) is 25.6 Å². The summed E-state index contributed by atoms with van der Waals surface area (Å²) < 4.78 is 8.63. The van der Waals surface area contributed by atoms with Crippen LogP contribution in [0.5, 0.6) is 0 Å². The number of hydrogen-bond donors (Lipinski definition) is 1. The molecule has 0 aliphatic carbocycles. The van der Waals surface area contributed by atoms with Gasteiger partial charge in [-0.15, -0.1) is 0 Å². The molecule has 0 radical (unpaired) electrons. The van der Waals surface area contributed by atoms with Crippen LogP contribution in [-0.4, -0.2) is 42.2 Å². The predicted octanol–water partition coefficient (Wildman–Crippen LogP) is -4.28. The average molecular weight is 302 g/mol. The molecule has 0 aromatic carbocycles. The smallest absolute Gasteiger partial charge is 0.550 e. The van der Waals surface area contributed by atoms with Gasteiger partial charge in [0.15, 0.2) is 0 Å². The minimum absolute atomic E-state index is 0. The molecular weight excluding hydrogens is 287 g/mol. The van der Waals surface area contributed by atoms with Crippen molar-refractivity contribution >= 4 is 23.9 Å². The van der Waals surface area contributed by atoms with Gasteiger partial charge < -0.3 is 24.5 Å². The zero-order valence-electron chi connectivity index (χ0n) is 11.1. The van der Waals surface area contributed by atoms with Crippen LogP contribution >= 0.6 is 0 Å². The molecule has 9 heteroatoms. The Labute approximate surface area is 152 Å². The molecule has 0 fully saturated rings.